The van der Waals surface area contributed by atoms with Crippen LogP contribution in [0.4, 0.5) is 0 Å². The van der Waals surface area contributed by atoms with Gasteiger partial charge < -0.3 is 5.32 Å². The Morgan fingerprint density at radius 1 is 1.38 bits per heavy atom. The van der Waals surface area contributed by atoms with E-state index in [1.54, 1.807) is 11.3 Å². The zero-order valence-electron chi connectivity index (χ0n) is 8.41. The first-order chi connectivity index (χ1) is 7.75. The standard InChI is InChI=1S/C11H10BrClN2S/c12-9-5-8(1-2-10(9)13)6-14-7-11-15-3-4-16-11/h1-5,14H,6-7H2. The summed E-state index contributed by atoms with van der Waals surface area (Å²) in [5, 5.41) is 7.16. The molecule has 2 aromatic rings. The van der Waals surface area contributed by atoms with Gasteiger partial charge >= 0.3 is 0 Å². The monoisotopic (exact) mass is 316 g/mol. The Morgan fingerprint density at radius 3 is 2.94 bits per heavy atom. The highest BCUT2D eigenvalue weighted by Crippen LogP contribution is 2.23. The zero-order valence-corrected chi connectivity index (χ0v) is 11.6. The summed E-state index contributed by atoms with van der Waals surface area (Å²) in [4.78, 5) is 4.20. The summed E-state index contributed by atoms with van der Waals surface area (Å²) < 4.78 is 0.933. The number of nitrogens with zero attached hydrogens (tertiary/aromatic N) is 1. The van der Waals surface area contributed by atoms with Gasteiger partial charge in [-0.25, -0.2) is 4.98 Å². The normalized spacial score (nSPS) is 10.6. The first-order valence-electron chi connectivity index (χ1n) is 4.79. The molecule has 0 unspecified atom stereocenters. The molecule has 84 valence electrons. The first kappa shape index (κ1) is 12.0. The van der Waals surface area contributed by atoms with Crippen molar-refractivity contribution >= 4 is 38.9 Å². The lowest BCUT2D eigenvalue weighted by molar-refractivity contribution is 0.690. The molecular formula is C11H10BrClN2S. The Hall–Kier alpha value is -0.420. The lowest BCUT2D eigenvalue weighted by Gasteiger charge is -2.04. The quantitative estimate of drug-likeness (QED) is 0.926. The van der Waals surface area contributed by atoms with Crippen LogP contribution in [0.1, 0.15) is 10.6 Å². The molecule has 1 N–H and O–H groups in total. The molecule has 0 saturated heterocycles. The predicted octanol–water partition coefficient (Wildman–Crippen LogP) is 3.85. The Morgan fingerprint density at radius 2 is 2.25 bits per heavy atom. The lowest BCUT2D eigenvalue weighted by atomic mass is 10.2. The van der Waals surface area contributed by atoms with E-state index >= 15 is 0 Å². The van der Waals surface area contributed by atoms with Crippen LogP contribution in [-0.2, 0) is 13.1 Å². The summed E-state index contributed by atoms with van der Waals surface area (Å²) in [5.41, 5.74) is 1.20. The average molecular weight is 318 g/mol. The van der Waals surface area contributed by atoms with Gasteiger partial charge in [-0.3, -0.25) is 0 Å². The van der Waals surface area contributed by atoms with Gasteiger partial charge in [-0.2, -0.15) is 0 Å². The van der Waals surface area contributed by atoms with Gasteiger partial charge in [0.25, 0.3) is 0 Å². The molecule has 0 saturated carbocycles. The number of hydrogen-bond acceptors (Lipinski definition) is 3. The fraction of sp³-hybridized carbons (Fsp3) is 0.182. The topological polar surface area (TPSA) is 24.9 Å². The molecule has 0 radical (unpaired) electrons. The first-order valence-corrected chi connectivity index (χ1v) is 6.84. The summed E-state index contributed by atoms with van der Waals surface area (Å²) in [6.45, 7) is 1.62. The van der Waals surface area contributed by atoms with Gasteiger partial charge in [0.15, 0.2) is 0 Å². The Labute approximate surface area is 112 Å². The van der Waals surface area contributed by atoms with Crippen LogP contribution >= 0.6 is 38.9 Å². The van der Waals surface area contributed by atoms with Gasteiger partial charge in [0, 0.05) is 29.1 Å². The fourth-order valence-electron chi connectivity index (χ4n) is 1.30. The van der Waals surface area contributed by atoms with Crippen LogP contribution in [0.5, 0.6) is 0 Å². The minimum Gasteiger partial charge on any atom is -0.306 e. The predicted molar refractivity (Wildman–Crippen MR) is 71.8 cm³/mol. The fourth-order valence-corrected chi connectivity index (χ4v) is 2.43. The summed E-state index contributed by atoms with van der Waals surface area (Å²) >= 11 is 11.0. The van der Waals surface area contributed by atoms with E-state index in [0.29, 0.717) is 0 Å². The maximum atomic E-state index is 5.92. The highest BCUT2D eigenvalue weighted by molar-refractivity contribution is 9.10. The maximum Gasteiger partial charge on any atom is 0.106 e. The number of halogens is 2. The number of thiazole rings is 1. The largest absolute Gasteiger partial charge is 0.306 e. The van der Waals surface area contributed by atoms with Crippen LogP contribution in [0.15, 0.2) is 34.2 Å². The van der Waals surface area contributed by atoms with Crippen molar-refractivity contribution in [3.63, 3.8) is 0 Å². The average Bonchev–Trinajstić information content (AvgIpc) is 2.76. The lowest BCUT2D eigenvalue weighted by Crippen LogP contribution is -2.12. The summed E-state index contributed by atoms with van der Waals surface area (Å²) in [6.07, 6.45) is 1.82. The number of hydrogen-bond donors (Lipinski definition) is 1. The van der Waals surface area contributed by atoms with Crippen molar-refractivity contribution in [2.45, 2.75) is 13.1 Å². The number of rotatable bonds is 4. The molecule has 5 heteroatoms. The van der Waals surface area contributed by atoms with Crippen molar-refractivity contribution in [1.82, 2.24) is 10.3 Å². The molecule has 0 amide bonds. The smallest absolute Gasteiger partial charge is 0.106 e. The van der Waals surface area contributed by atoms with Crippen molar-refractivity contribution in [2.75, 3.05) is 0 Å². The van der Waals surface area contributed by atoms with E-state index in [2.05, 4.69) is 26.2 Å². The molecule has 0 spiro atoms. The van der Waals surface area contributed by atoms with E-state index in [4.69, 9.17) is 11.6 Å². The Kier molecular flexibility index (Phi) is 4.35. The highest BCUT2D eigenvalue weighted by atomic mass is 79.9. The second-order valence-corrected chi connectivity index (χ2v) is 5.52. The zero-order chi connectivity index (χ0) is 11.4. The second-order valence-electron chi connectivity index (χ2n) is 3.28. The van der Waals surface area contributed by atoms with E-state index < -0.39 is 0 Å². The molecule has 1 aromatic heterocycles. The Bertz CT molecular complexity index is 459. The highest BCUT2D eigenvalue weighted by Gasteiger charge is 1.99. The van der Waals surface area contributed by atoms with E-state index in [9.17, 15) is 0 Å². The van der Waals surface area contributed by atoms with E-state index in [-0.39, 0.29) is 0 Å². The van der Waals surface area contributed by atoms with Crippen molar-refractivity contribution in [1.29, 1.82) is 0 Å². The third-order valence-corrected chi connectivity index (χ3v) is 4.07. The van der Waals surface area contributed by atoms with Gasteiger partial charge in [0.05, 0.1) is 5.02 Å². The minimum atomic E-state index is 0.740. The molecule has 1 heterocycles. The van der Waals surface area contributed by atoms with E-state index in [1.165, 1.54) is 5.56 Å². The van der Waals surface area contributed by atoms with Crippen LogP contribution in [0.25, 0.3) is 0 Å². The number of nitrogens with one attached hydrogen (secondary N) is 1. The number of aromatic nitrogens is 1. The van der Waals surface area contributed by atoms with Crippen LogP contribution in [-0.4, -0.2) is 4.98 Å². The summed E-state index contributed by atoms with van der Waals surface area (Å²) in [5.74, 6) is 0. The molecule has 0 aliphatic heterocycles. The van der Waals surface area contributed by atoms with Gasteiger partial charge in [0.1, 0.15) is 5.01 Å². The summed E-state index contributed by atoms with van der Waals surface area (Å²) in [6, 6.07) is 5.94. The van der Waals surface area contributed by atoms with Crippen LogP contribution in [0.2, 0.25) is 5.02 Å². The second kappa shape index (κ2) is 5.77. The molecular weight excluding hydrogens is 308 g/mol. The van der Waals surface area contributed by atoms with E-state index in [1.807, 2.05) is 29.8 Å². The SMILES string of the molecule is Clc1ccc(CNCc2nccs2)cc1Br. The minimum absolute atomic E-state index is 0.740. The van der Waals surface area contributed by atoms with Gasteiger partial charge in [-0.15, -0.1) is 11.3 Å². The van der Waals surface area contributed by atoms with Crippen LogP contribution in [0.3, 0.4) is 0 Å². The molecule has 0 bridgehead atoms. The van der Waals surface area contributed by atoms with Gasteiger partial charge in [0.2, 0.25) is 0 Å². The van der Waals surface area contributed by atoms with E-state index in [0.717, 1.165) is 27.6 Å². The Balaban J connectivity index is 1.87. The van der Waals surface area contributed by atoms with Crippen LogP contribution < -0.4 is 5.32 Å². The third-order valence-electron chi connectivity index (χ3n) is 2.07. The van der Waals surface area contributed by atoms with Crippen molar-refractivity contribution in [2.24, 2.45) is 0 Å². The molecule has 1 aromatic carbocycles. The van der Waals surface area contributed by atoms with Crippen molar-refractivity contribution in [3.8, 4) is 0 Å². The maximum absolute atomic E-state index is 5.92. The molecule has 0 fully saturated rings. The molecule has 0 aliphatic carbocycles. The van der Waals surface area contributed by atoms with Crippen LogP contribution in [0, 0.1) is 0 Å². The molecule has 2 rings (SSSR count). The molecule has 0 atom stereocenters. The van der Waals surface area contributed by atoms with Gasteiger partial charge in [-0.05, 0) is 33.6 Å². The van der Waals surface area contributed by atoms with Crippen molar-refractivity contribution < 1.29 is 0 Å². The summed E-state index contributed by atoms with van der Waals surface area (Å²) in [7, 11) is 0. The van der Waals surface area contributed by atoms with Gasteiger partial charge in [-0.1, -0.05) is 17.7 Å². The third kappa shape index (κ3) is 3.28. The molecule has 16 heavy (non-hydrogen) atoms. The molecule has 0 aliphatic rings. The number of benzene rings is 1. The molecule has 2 nitrogen and oxygen atoms in total. The van der Waals surface area contributed by atoms with Crippen molar-refractivity contribution in [3.05, 3.63) is 49.8 Å².